The first-order valence-electron chi connectivity index (χ1n) is 2.78. The van der Waals surface area contributed by atoms with Crippen molar-refractivity contribution in [3.8, 4) is 0 Å². The van der Waals surface area contributed by atoms with Gasteiger partial charge in [-0.15, -0.1) is 0 Å². The molecule has 1 radical (unpaired) electrons. The van der Waals surface area contributed by atoms with Crippen LogP contribution >= 0.6 is 0 Å². The predicted molar refractivity (Wildman–Crippen MR) is 33.4 cm³/mol. The second-order valence-corrected chi connectivity index (χ2v) is 4.01. The van der Waals surface area contributed by atoms with Crippen molar-refractivity contribution in [3.63, 3.8) is 0 Å². The van der Waals surface area contributed by atoms with Crippen LogP contribution < -0.4 is 5.32 Å². The molecule has 1 aliphatic rings. The molecule has 7 heavy (non-hydrogen) atoms. The molecular weight excluding hydrogens is 149 g/mol. The minimum absolute atomic E-state index is 0.932. The number of hydrogen-bond donors (Lipinski definition) is 0. The second-order valence-electron chi connectivity index (χ2n) is 2.03. The van der Waals surface area contributed by atoms with Gasteiger partial charge in [-0.3, -0.25) is 0 Å². The summed E-state index contributed by atoms with van der Waals surface area (Å²) in [5, 5.41) is 4.27. The van der Waals surface area contributed by atoms with Crippen LogP contribution in [0.5, 0.6) is 0 Å². The zero-order chi connectivity index (χ0) is 5.11. The van der Waals surface area contributed by atoms with E-state index in [1.807, 2.05) is 16.9 Å². The van der Waals surface area contributed by atoms with E-state index >= 15 is 0 Å². The molecular formula is C5H11AsN. The van der Waals surface area contributed by atoms with Gasteiger partial charge in [0.2, 0.25) is 0 Å². The van der Waals surface area contributed by atoms with Crippen LogP contribution in [0.3, 0.4) is 0 Å². The zero-order valence-electron chi connectivity index (χ0n) is 4.43. The quantitative estimate of drug-likeness (QED) is 0.436. The molecule has 2 heteroatoms. The summed E-state index contributed by atoms with van der Waals surface area (Å²) >= 11 is 1.86. The molecule has 1 fully saturated rings. The summed E-state index contributed by atoms with van der Waals surface area (Å²) in [5.41, 5.74) is 0. The standard InChI is InChI=1S/C5H11AsN/c6-5-2-1-3-7-4-5/h5H,1-4,6H2. The van der Waals surface area contributed by atoms with Gasteiger partial charge in [0.1, 0.15) is 0 Å². The van der Waals surface area contributed by atoms with E-state index in [0.29, 0.717) is 0 Å². The van der Waals surface area contributed by atoms with E-state index in [9.17, 15) is 0 Å². The third kappa shape index (κ3) is 1.83. The van der Waals surface area contributed by atoms with Gasteiger partial charge in [0.25, 0.3) is 0 Å². The molecule has 1 saturated heterocycles. The molecule has 41 valence electrons. The summed E-state index contributed by atoms with van der Waals surface area (Å²) in [6, 6.07) is 0. The first-order chi connectivity index (χ1) is 3.39. The van der Waals surface area contributed by atoms with E-state index < -0.39 is 0 Å². The van der Waals surface area contributed by atoms with Crippen molar-refractivity contribution in [2.45, 2.75) is 17.5 Å². The molecule has 0 saturated carbocycles. The fourth-order valence-corrected chi connectivity index (χ4v) is 1.62. The van der Waals surface area contributed by atoms with E-state index in [0.717, 1.165) is 17.8 Å². The van der Waals surface area contributed by atoms with E-state index in [1.165, 1.54) is 12.8 Å². The van der Waals surface area contributed by atoms with Crippen LogP contribution in [0, 0.1) is 0 Å². The van der Waals surface area contributed by atoms with Gasteiger partial charge >= 0.3 is 52.8 Å². The van der Waals surface area contributed by atoms with Gasteiger partial charge in [-0.05, 0) is 0 Å². The number of piperidine rings is 1. The third-order valence-electron chi connectivity index (χ3n) is 1.25. The van der Waals surface area contributed by atoms with E-state index in [-0.39, 0.29) is 0 Å². The Labute approximate surface area is 53.4 Å². The summed E-state index contributed by atoms with van der Waals surface area (Å²) in [7, 11) is 0. The molecule has 0 aliphatic carbocycles. The van der Waals surface area contributed by atoms with Crippen molar-refractivity contribution in [2.24, 2.45) is 0 Å². The van der Waals surface area contributed by atoms with Crippen LogP contribution in [0.2, 0.25) is 4.71 Å². The Balaban J connectivity index is 2.12. The van der Waals surface area contributed by atoms with Crippen molar-refractivity contribution in [1.29, 1.82) is 0 Å². The third-order valence-corrected chi connectivity index (χ3v) is 2.40. The second kappa shape index (κ2) is 2.74. The Bertz CT molecular complexity index is 50.0. The van der Waals surface area contributed by atoms with Crippen molar-refractivity contribution in [3.05, 3.63) is 0 Å². The average molecular weight is 160 g/mol. The van der Waals surface area contributed by atoms with Crippen LogP contribution in [-0.4, -0.2) is 29.9 Å². The van der Waals surface area contributed by atoms with Crippen LogP contribution in [0.25, 0.3) is 0 Å². The molecule has 1 nitrogen and oxygen atoms in total. The molecule has 1 heterocycles. The fraction of sp³-hybridized carbons (Fsp3) is 1.00. The number of rotatable bonds is 0. The summed E-state index contributed by atoms with van der Waals surface area (Å²) < 4.78 is 0.932. The Hall–Kier alpha value is 0.518. The van der Waals surface area contributed by atoms with Crippen molar-refractivity contribution in [1.82, 2.24) is 5.32 Å². The molecule has 0 N–H and O–H groups in total. The molecule has 0 amide bonds. The van der Waals surface area contributed by atoms with Gasteiger partial charge in [-0.25, -0.2) is 0 Å². The van der Waals surface area contributed by atoms with Gasteiger partial charge in [0.15, 0.2) is 0 Å². The molecule has 2 unspecified atom stereocenters. The Morgan fingerprint density at radius 2 is 2.43 bits per heavy atom. The van der Waals surface area contributed by atoms with Crippen LogP contribution in [0.1, 0.15) is 12.8 Å². The Kier molecular flexibility index (Phi) is 2.21. The van der Waals surface area contributed by atoms with Crippen molar-refractivity contribution < 1.29 is 0 Å². The molecule has 2 atom stereocenters. The molecule has 0 aromatic carbocycles. The van der Waals surface area contributed by atoms with Crippen molar-refractivity contribution in [2.75, 3.05) is 13.1 Å². The van der Waals surface area contributed by atoms with Gasteiger partial charge in [0.05, 0.1) is 0 Å². The summed E-state index contributed by atoms with van der Waals surface area (Å²) in [6.07, 6.45) is 2.76. The monoisotopic (exact) mass is 160 g/mol. The summed E-state index contributed by atoms with van der Waals surface area (Å²) in [6.45, 7) is 2.26. The molecule has 0 aromatic heterocycles. The molecule has 0 aromatic rings. The van der Waals surface area contributed by atoms with Gasteiger partial charge < -0.3 is 0 Å². The predicted octanol–water partition coefficient (Wildman–Crippen LogP) is -0.194. The van der Waals surface area contributed by atoms with Gasteiger partial charge in [-0.2, -0.15) is 0 Å². The number of hydrogen-bond acceptors (Lipinski definition) is 0. The van der Waals surface area contributed by atoms with Crippen molar-refractivity contribution >= 4 is 16.9 Å². The molecule has 1 rings (SSSR count). The maximum absolute atomic E-state index is 4.27. The molecule has 0 bridgehead atoms. The first-order valence-corrected chi connectivity index (χ1v) is 4.18. The van der Waals surface area contributed by atoms with E-state index in [2.05, 4.69) is 5.32 Å². The molecule has 0 spiro atoms. The zero-order valence-corrected chi connectivity index (χ0v) is 6.85. The SMILES string of the molecule is [AsH2]C1CCC[N]C1. The summed E-state index contributed by atoms with van der Waals surface area (Å²) in [5.74, 6) is 0. The number of nitrogens with zero attached hydrogens (tertiary/aromatic N) is 1. The van der Waals surface area contributed by atoms with E-state index in [1.54, 1.807) is 0 Å². The van der Waals surface area contributed by atoms with E-state index in [4.69, 9.17) is 0 Å². The fourth-order valence-electron chi connectivity index (χ4n) is 0.814. The van der Waals surface area contributed by atoms with Crippen LogP contribution in [-0.2, 0) is 0 Å². The van der Waals surface area contributed by atoms with Gasteiger partial charge in [-0.1, -0.05) is 0 Å². The minimum atomic E-state index is 0.932. The molecule has 1 aliphatic heterocycles. The van der Waals surface area contributed by atoms with Gasteiger partial charge in [0, 0.05) is 0 Å². The maximum atomic E-state index is 4.27. The Morgan fingerprint density at radius 1 is 1.57 bits per heavy atom. The normalized spacial score (nSPS) is 33.0. The topological polar surface area (TPSA) is 14.1 Å². The van der Waals surface area contributed by atoms with Crippen LogP contribution in [0.4, 0.5) is 0 Å². The Morgan fingerprint density at radius 3 is 2.71 bits per heavy atom. The first kappa shape index (κ1) is 5.65. The summed E-state index contributed by atoms with van der Waals surface area (Å²) in [4.78, 5) is 0. The van der Waals surface area contributed by atoms with Crippen LogP contribution in [0.15, 0.2) is 0 Å². The average Bonchev–Trinajstić information content (AvgIpc) is 1.69.